The van der Waals surface area contributed by atoms with Crippen LogP contribution >= 0.6 is 0 Å². The Balaban J connectivity index is 1.78. The van der Waals surface area contributed by atoms with E-state index in [1.54, 1.807) is 6.20 Å². The number of nitrogens with zero attached hydrogens (tertiary/aromatic N) is 3. The minimum Gasteiger partial charge on any atom is -0.336 e. The predicted molar refractivity (Wildman–Crippen MR) is 91.8 cm³/mol. The largest absolute Gasteiger partial charge is 0.336 e. The van der Waals surface area contributed by atoms with Crippen LogP contribution in [0, 0.1) is 12.8 Å². The fourth-order valence-electron chi connectivity index (χ4n) is 3.35. The van der Waals surface area contributed by atoms with Crippen molar-refractivity contribution in [2.75, 3.05) is 6.54 Å². The van der Waals surface area contributed by atoms with Gasteiger partial charge in [-0.2, -0.15) is 5.10 Å². The maximum Gasteiger partial charge on any atom is 0.254 e. The average molecular weight is 311 g/mol. The van der Waals surface area contributed by atoms with Crippen molar-refractivity contribution in [3.63, 3.8) is 0 Å². The second-order valence-corrected chi connectivity index (χ2v) is 6.59. The van der Waals surface area contributed by atoms with Gasteiger partial charge in [-0.25, -0.2) is 4.68 Å². The molecule has 1 aliphatic heterocycles. The molecule has 122 valence electrons. The summed E-state index contributed by atoms with van der Waals surface area (Å²) in [6.07, 6.45) is 5.27. The Bertz CT molecular complexity index is 674. The van der Waals surface area contributed by atoms with Crippen LogP contribution in [0.5, 0.6) is 0 Å². The van der Waals surface area contributed by atoms with Crippen LogP contribution in [-0.4, -0.2) is 33.2 Å². The van der Waals surface area contributed by atoms with Gasteiger partial charge >= 0.3 is 0 Å². The quantitative estimate of drug-likeness (QED) is 0.864. The fourth-order valence-corrected chi connectivity index (χ4v) is 3.35. The number of piperidine rings is 1. The molecule has 0 bridgehead atoms. The van der Waals surface area contributed by atoms with E-state index < -0.39 is 0 Å². The molecule has 4 heteroatoms. The summed E-state index contributed by atoms with van der Waals surface area (Å²) >= 11 is 0. The molecule has 2 aromatic rings. The highest BCUT2D eigenvalue weighted by molar-refractivity contribution is 5.94. The summed E-state index contributed by atoms with van der Waals surface area (Å²) in [6.45, 7) is 7.28. The van der Waals surface area contributed by atoms with Crippen molar-refractivity contribution in [2.24, 2.45) is 5.92 Å². The molecule has 0 unspecified atom stereocenters. The van der Waals surface area contributed by atoms with Gasteiger partial charge in [-0.05, 0) is 62.9 Å². The maximum absolute atomic E-state index is 12.8. The minimum absolute atomic E-state index is 0.152. The van der Waals surface area contributed by atoms with Gasteiger partial charge in [0.1, 0.15) is 0 Å². The molecule has 2 atom stereocenters. The van der Waals surface area contributed by atoms with Crippen LogP contribution in [0.15, 0.2) is 36.5 Å². The van der Waals surface area contributed by atoms with Gasteiger partial charge in [0.05, 0.1) is 5.69 Å². The second-order valence-electron chi connectivity index (χ2n) is 6.59. The number of likely N-dealkylation sites (tertiary alicyclic amines) is 1. The third kappa shape index (κ3) is 3.16. The Hall–Kier alpha value is -2.10. The first-order valence-electron chi connectivity index (χ1n) is 8.52. The van der Waals surface area contributed by atoms with Gasteiger partial charge in [0.25, 0.3) is 5.91 Å². The van der Waals surface area contributed by atoms with Crippen molar-refractivity contribution < 1.29 is 4.79 Å². The highest BCUT2D eigenvalue weighted by Crippen LogP contribution is 2.25. The van der Waals surface area contributed by atoms with Crippen LogP contribution in [-0.2, 0) is 0 Å². The Morgan fingerprint density at radius 2 is 1.96 bits per heavy atom. The lowest BCUT2D eigenvalue weighted by atomic mass is 9.91. The highest BCUT2D eigenvalue weighted by atomic mass is 16.2. The molecule has 0 N–H and O–H groups in total. The van der Waals surface area contributed by atoms with Gasteiger partial charge in [0.15, 0.2) is 0 Å². The number of amides is 1. The third-order valence-electron chi connectivity index (χ3n) is 5.01. The van der Waals surface area contributed by atoms with E-state index in [2.05, 4.69) is 18.9 Å². The molecule has 1 aliphatic rings. The van der Waals surface area contributed by atoms with E-state index >= 15 is 0 Å². The number of aromatic nitrogens is 2. The predicted octanol–water partition coefficient (Wildman–Crippen LogP) is 3.83. The molecular formula is C19H25N3O. The number of hydrogen-bond donors (Lipinski definition) is 0. The molecule has 4 nitrogen and oxygen atoms in total. The summed E-state index contributed by atoms with van der Waals surface area (Å²) in [7, 11) is 0. The molecule has 1 saturated heterocycles. The van der Waals surface area contributed by atoms with Gasteiger partial charge in [-0.3, -0.25) is 4.79 Å². The second kappa shape index (κ2) is 6.57. The topological polar surface area (TPSA) is 38.1 Å². The normalized spacial score (nSPS) is 21.4. The van der Waals surface area contributed by atoms with Gasteiger partial charge in [0, 0.05) is 30.0 Å². The van der Waals surface area contributed by atoms with Gasteiger partial charge in [-0.15, -0.1) is 0 Å². The van der Waals surface area contributed by atoms with E-state index in [1.807, 2.05) is 46.8 Å². The molecule has 1 amide bonds. The standard InChI is InChI=1S/C19H25N3O/c1-4-16-6-5-14(2)21(13-16)19(23)17-7-9-18(10-8-17)22-15(3)11-12-20-22/h7-12,14,16H,4-6,13H2,1-3H3/t14-,16+/m1/s1. The molecule has 0 saturated carbocycles. The average Bonchev–Trinajstić information content (AvgIpc) is 3.01. The zero-order valence-corrected chi connectivity index (χ0v) is 14.2. The molecule has 0 aliphatic carbocycles. The molecule has 0 spiro atoms. The lowest BCUT2D eigenvalue weighted by Crippen LogP contribution is -2.45. The van der Waals surface area contributed by atoms with Crippen LogP contribution in [0.3, 0.4) is 0 Å². The number of rotatable bonds is 3. The molecule has 23 heavy (non-hydrogen) atoms. The third-order valence-corrected chi connectivity index (χ3v) is 5.01. The van der Waals surface area contributed by atoms with E-state index in [0.717, 1.165) is 36.3 Å². The molecular weight excluding hydrogens is 286 g/mol. The smallest absolute Gasteiger partial charge is 0.254 e. The summed E-state index contributed by atoms with van der Waals surface area (Å²) in [5.41, 5.74) is 2.84. The molecule has 1 aromatic carbocycles. The van der Waals surface area contributed by atoms with Gasteiger partial charge in [-0.1, -0.05) is 13.3 Å². The Kier molecular flexibility index (Phi) is 4.51. The van der Waals surface area contributed by atoms with E-state index in [0.29, 0.717) is 12.0 Å². The van der Waals surface area contributed by atoms with E-state index in [-0.39, 0.29) is 5.91 Å². The van der Waals surface area contributed by atoms with Crippen LogP contribution in [0.2, 0.25) is 0 Å². The van der Waals surface area contributed by atoms with Crippen LogP contribution in [0.4, 0.5) is 0 Å². The number of benzene rings is 1. The van der Waals surface area contributed by atoms with E-state index in [9.17, 15) is 4.79 Å². The van der Waals surface area contributed by atoms with Crippen LogP contribution < -0.4 is 0 Å². The number of carbonyl (C=O) groups is 1. The van der Waals surface area contributed by atoms with Gasteiger partial charge in [0.2, 0.25) is 0 Å². The SMILES string of the molecule is CC[C@H]1CC[C@@H](C)N(C(=O)c2ccc(-n3nccc3C)cc2)C1. The first-order chi connectivity index (χ1) is 11.1. The lowest BCUT2D eigenvalue weighted by Gasteiger charge is -2.38. The zero-order chi connectivity index (χ0) is 16.4. The van der Waals surface area contributed by atoms with Crippen LogP contribution in [0.1, 0.15) is 49.2 Å². The first kappa shape index (κ1) is 15.8. The van der Waals surface area contributed by atoms with Crippen LogP contribution in [0.25, 0.3) is 5.69 Å². The lowest BCUT2D eigenvalue weighted by molar-refractivity contribution is 0.0556. The first-order valence-corrected chi connectivity index (χ1v) is 8.52. The highest BCUT2D eigenvalue weighted by Gasteiger charge is 2.28. The van der Waals surface area contributed by atoms with Crippen molar-refractivity contribution >= 4 is 5.91 Å². The van der Waals surface area contributed by atoms with Crippen molar-refractivity contribution in [2.45, 2.75) is 46.1 Å². The fraction of sp³-hybridized carbons (Fsp3) is 0.474. The van der Waals surface area contributed by atoms with Crippen molar-refractivity contribution in [1.29, 1.82) is 0 Å². The van der Waals surface area contributed by atoms with Crippen molar-refractivity contribution in [3.05, 3.63) is 47.8 Å². The van der Waals surface area contributed by atoms with Crippen molar-refractivity contribution in [3.8, 4) is 5.69 Å². The van der Waals surface area contributed by atoms with E-state index in [1.165, 1.54) is 6.42 Å². The summed E-state index contributed by atoms with van der Waals surface area (Å²) in [4.78, 5) is 14.9. The summed E-state index contributed by atoms with van der Waals surface area (Å²) in [6, 6.07) is 10.1. The molecule has 1 aromatic heterocycles. The molecule has 0 radical (unpaired) electrons. The summed E-state index contributed by atoms with van der Waals surface area (Å²) in [5.74, 6) is 0.792. The van der Waals surface area contributed by atoms with Crippen molar-refractivity contribution in [1.82, 2.24) is 14.7 Å². The summed E-state index contributed by atoms with van der Waals surface area (Å²) in [5, 5.41) is 4.30. The number of hydrogen-bond acceptors (Lipinski definition) is 2. The number of carbonyl (C=O) groups excluding carboxylic acids is 1. The molecule has 1 fully saturated rings. The van der Waals surface area contributed by atoms with E-state index in [4.69, 9.17) is 0 Å². The molecule has 3 rings (SSSR count). The Labute approximate surface area is 138 Å². The number of aryl methyl sites for hydroxylation is 1. The summed E-state index contributed by atoms with van der Waals surface area (Å²) < 4.78 is 1.88. The Morgan fingerprint density at radius 1 is 1.22 bits per heavy atom. The maximum atomic E-state index is 12.8. The monoisotopic (exact) mass is 311 g/mol. The Morgan fingerprint density at radius 3 is 2.57 bits per heavy atom. The van der Waals surface area contributed by atoms with Gasteiger partial charge < -0.3 is 4.90 Å². The zero-order valence-electron chi connectivity index (χ0n) is 14.2. The minimum atomic E-state index is 0.152. The molecule has 2 heterocycles.